The zero-order valence-corrected chi connectivity index (χ0v) is 23.3. The highest BCUT2D eigenvalue weighted by Gasteiger charge is 2.42. The zero-order valence-electron chi connectivity index (χ0n) is 22.5. The molecule has 0 aromatic heterocycles. The van der Waals surface area contributed by atoms with Gasteiger partial charge in [-0.1, -0.05) is 20.8 Å². The molecule has 0 radical (unpaired) electrons. The number of rotatable bonds is 7. The molecular weight excluding hydrogens is 444 g/mol. The fraction of sp³-hybridized carbons (Fsp3) is 1.00. The molecule has 0 bridgehead atoms. The molecule has 0 spiro atoms. The molecule has 0 aromatic rings. The van der Waals surface area contributed by atoms with E-state index in [-0.39, 0.29) is 16.6 Å². The highest BCUT2D eigenvalue weighted by Crippen LogP contribution is 2.49. The van der Waals surface area contributed by atoms with Crippen LogP contribution in [0.2, 0.25) is 0 Å². The van der Waals surface area contributed by atoms with Gasteiger partial charge in [0.1, 0.15) is 0 Å². The zero-order chi connectivity index (χ0) is 24.3. The third kappa shape index (κ3) is 6.22. The predicted molar refractivity (Wildman–Crippen MR) is 140 cm³/mol. The van der Waals surface area contributed by atoms with Gasteiger partial charge in [-0.05, 0) is 126 Å². The molecule has 0 amide bonds. The molecule has 0 aliphatic heterocycles. The first-order valence-electron chi connectivity index (χ1n) is 14.6. The van der Waals surface area contributed by atoms with Crippen LogP contribution in [0, 0.1) is 23.2 Å². The van der Waals surface area contributed by atoms with Crippen LogP contribution in [0.25, 0.3) is 0 Å². The average Bonchev–Trinajstić information content (AvgIpc) is 2.85. The quantitative estimate of drug-likeness (QED) is 0.377. The van der Waals surface area contributed by atoms with Crippen molar-refractivity contribution in [2.75, 3.05) is 7.11 Å². The molecule has 34 heavy (non-hydrogen) atoms. The second kappa shape index (κ2) is 11.5. The van der Waals surface area contributed by atoms with Crippen molar-refractivity contribution in [3.05, 3.63) is 0 Å². The molecule has 4 fully saturated rings. The van der Waals surface area contributed by atoms with Crippen molar-refractivity contribution < 1.29 is 17.9 Å². The molecule has 4 nitrogen and oxygen atoms in total. The van der Waals surface area contributed by atoms with Crippen LogP contribution in [-0.4, -0.2) is 44.3 Å². The third-order valence-electron chi connectivity index (χ3n) is 10.7. The normalized spacial score (nSPS) is 40.7. The van der Waals surface area contributed by atoms with Crippen LogP contribution < -0.4 is 0 Å². The summed E-state index contributed by atoms with van der Waals surface area (Å²) in [4.78, 5) is 0. The Morgan fingerprint density at radius 3 is 1.41 bits per heavy atom. The lowest BCUT2D eigenvalue weighted by molar-refractivity contribution is -0.0669. The van der Waals surface area contributed by atoms with E-state index in [2.05, 4.69) is 20.8 Å². The van der Waals surface area contributed by atoms with E-state index >= 15 is 0 Å². The van der Waals surface area contributed by atoms with Crippen molar-refractivity contribution in [3.63, 3.8) is 0 Å². The molecule has 5 heteroatoms. The predicted octanol–water partition coefficient (Wildman–Crippen LogP) is 7.10. The van der Waals surface area contributed by atoms with Gasteiger partial charge >= 0.3 is 0 Å². The van der Waals surface area contributed by atoms with E-state index < -0.39 is 9.84 Å². The molecule has 0 atom stereocenters. The highest BCUT2D eigenvalue weighted by molar-refractivity contribution is 7.92. The number of methoxy groups -OCH3 is 1. The van der Waals surface area contributed by atoms with E-state index in [1.807, 2.05) is 7.11 Å². The summed E-state index contributed by atoms with van der Waals surface area (Å²) >= 11 is 0. The van der Waals surface area contributed by atoms with Gasteiger partial charge < -0.3 is 9.47 Å². The van der Waals surface area contributed by atoms with Crippen molar-refractivity contribution in [1.29, 1.82) is 0 Å². The topological polar surface area (TPSA) is 52.6 Å². The Hall–Kier alpha value is -0.130. The minimum atomic E-state index is -2.97. The Kier molecular flexibility index (Phi) is 9.11. The largest absolute Gasteiger partial charge is 0.381 e. The summed E-state index contributed by atoms with van der Waals surface area (Å²) in [6, 6.07) is 0. The minimum absolute atomic E-state index is 0.0747. The molecule has 4 aliphatic rings. The van der Waals surface area contributed by atoms with E-state index in [1.54, 1.807) is 0 Å². The first-order valence-corrected chi connectivity index (χ1v) is 16.2. The molecule has 4 aliphatic carbocycles. The second-order valence-electron chi connectivity index (χ2n) is 13.0. The molecule has 4 saturated carbocycles. The molecule has 0 heterocycles. The van der Waals surface area contributed by atoms with Crippen LogP contribution in [0.4, 0.5) is 0 Å². The molecule has 0 N–H and O–H groups in total. The van der Waals surface area contributed by atoms with Gasteiger partial charge in [0.2, 0.25) is 0 Å². The fourth-order valence-corrected chi connectivity index (χ4v) is 10.3. The van der Waals surface area contributed by atoms with Crippen LogP contribution in [0.5, 0.6) is 0 Å². The number of ether oxygens (including phenoxy) is 2. The van der Waals surface area contributed by atoms with Crippen molar-refractivity contribution >= 4 is 9.84 Å². The van der Waals surface area contributed by atoms with E-state index in [1.165, 1.54) is 51.4 Å². The van der Waals surface area contributed by atoms with Gasteiger partial charge in [-0.2, -0.15) is 0 Å². The van der Waals surface area contributed by atoms with Crippen molar-refractivity contribution in [2.24, 2.45) is 23.2 Å². The fourth-order valence-electron chi connectivity index (χ4n) is 7.92. The average molecular weight is 497 g/mol. The Balaban J connectivity index is 1.19. The second-order valence-corrected chi connectivity index (χ2v) is 15.5. The van der Waals surface area contributed by atoms with Gasteiger partial charge in [0, 0.05) is 7.11 Å². The van der Waals surface area contributed by atoms with Gasteiger partial charge in [-0.3, -0.25) is 0 Å². The Morgan fingerprint density at radius 1 is 0.588 bits per heavy atom. The maximum atomic E-state index is 13.2. The summed E-state index contributed by atoms with van der Waals surface area (Å²) < 4.78 is 38.6. The van der Waals surface area contributed by atoms with Crippen LogP contribution in [0.1, 0.15) is 124 Å². The summed E-state index contributed by atoms with van der Waals surface area (Å²) in [7, 11) is -1.11. The summed E-state index contributed by atoms with van der Waals surface area (Å²) in [6.45, 7) is 7.30. The van der Waals surface area contributed by atoms with E-state index in [9.17, 15) is 8.42 Å². The smallest absolute Gasteiger partial charge is 0.156 e. The maximum Gasteiger partial charge on any atom is 0.156 e. The first-order chi connectivity index (χ1) is 16.2. The summed E-state index contributed by atoms with van der Waals surface area (Å²) in [5.41, 5.74) is 0.410. The molecule has 198 valence electrons. The van der Waals surface area contributed by atoms with Gasteiger partial charge in [0.25, 0.3) is 0 Å². The van der Waals surface area contributed by atoms with Crippen LogP contribution in [0.3, 0.4) is 0 Å². The van der Waals surface area contributed by atoms with Gasteiger partial charge in [-0.25, -0.2) is 8.42 Å². The molecule has 4 rings (SSSR count). The summed E-state index contributed by atoms with van der Waals surface area (Å²) in [5, 5.41) is -0.190. The van der Waals surface area contributed by atoms with Gasteiger partial charge in [0.15, 0.2) is 9.84 Å². The van der Waals surface area contributed by atoms with Crippen molar-refractivity contribution in [1.82, 2.24) is 0 Å². The van der Waals surface area contributed by atoms with E-state index in [4.69, 9.17) is 9.47 Å². The number of sulfone groups is 1. The minimum Gasteiger partial charge on any atom is -0.381 e. The lowest BCUT2D eigenvalue weighted by Crippen LogP contribution is -2.40. The lowest BCUT2D eigenvalue weighted by Gasteiger charge is -2.47. The molecule has 0 aromatic carbocycles. The Labute approximate surface area is 210 Å². The summed E-state index contributed by atoms with van der Waals surface area (Å²) in [6.07, 6.45) is 18.5. The van der Waals surface area contributed by atoms with E-state index in [0.29, 0.717) is 23.5 Å². The molecule has 0 saturated heterocycles. The van der Waals surface area contributed by atoms with Crippen molar-refractivity contribution in [3.8, 4) is 0 Å². The van der Waals surface area contributed by atoms with Gasteiger partial charge in [0.05, 0.1) is 28.8 Å². The summed E-state index contributed by atoms with van der Waals surface area (Å²) in [5.74, 6) is 2.32. The van der Waals surface area contributed by atoms with Crippen molar-refractivity contribution in [2.45, 2.75) is 152 Å². The van der Waals surface area contributed by atoms with Crippen LogP contribution >= 0.6 is 0 Å². The SMILES string of the molecule is COC1CCC(C(C)(C)C2CCC(OC3CCC(S(=O)(=O)C4CCC(C)CC4)CC3)CC2)CC1. The lowest BCUT2D eigenvalue weighted by atomic mass is 9.60. The maximum absolute atomic E-state index is 13.2. The molecule has 0 unspecified atom stereocenters. The first kappa shape index (κ1) is 26.9. The number of hydrogen-bond donors (Lipinski definition) is 0. The number of hydrogen-bond acceptors (Lipinski definition) is 4. The standard InChI is InChI=1S/C29H52O4S/c1-21-5-17-27(18-6-21)34(30,31)28-19-15-26(16-20-28)33-25-13-9-23(10-14-25)29(2,3)22-7-11-24(32-4)12-8-22/h21-28H,5-20H2,1-4H3. The van der Waals surface area contributed by atoms with Crippen LogP contribution in [0.15, 0.2) is 0 Å². The third-order valence-corrected chi connectivity index (χ3v) is 13.5. The monoisotopic (exact) mass is 496 g/mol. The van der Waals surface area contributed by atoms with E-state index in [0.717, 1.165) is 63.2 Å². The van der Waals surface area contributed by atoms with Gasteiger partial charge in [-0.15, -0.1) is 0 Å². The molecular formula is C29H52O4S. The highest BCUT2D eigenvalue weighted by atomic mass is 32.2. The Bertz CT molecular complexity index is 715. The van der Waals surface area contributed by atoms with Crippen LogP contribution in [-0.2, 0) is 19.3 Å². The Morgan fingerprint density at radius 2 is 0.971 bits per heavy atom.